The van der Waals surface area contributed by atoms with Gasteiger partial charge in [0, 0.05) is 0 Å². The molecular formula is C21H31FN6O4S. The summed E-state index contributed by atoms with van der Waals surface area (Å²) >= 11 is 1.24. The van der Waals surface area contributed by atoms with Crippen molar-refractivity contribution in [1.82, 2.24) is 20.5 Å². The number of hydroxylamine groups is 2. The summed E-state index contributed by atoms with van der Waals surface area (Å²) in [4.78, 5) is 33.8. The maximum absolute atomic E-state index is 15.2. The van der Waals surface area contributed by atoms with E-state index in [4.69, 9.17) is 0 Å². The molecule has 0 unspecified atom stereocenters. The number of hydrazine groups is 1. The highest BCUT2D eigenvalue weighted by Gasteiger charge is 2.53. The van der Waals surface area contributed by atoms with E-state index in [1.54, 1.807) is 11.2 Å². The van der Waals surface area contributed by atoms with Gasteiger partial charge in [0.25, 0.3) is 0 Å². The monoisotopic (exact) mass is 482 g/mol. The first-order valence-electron chi connectivity index (χ1n) is 11.4. The van der Waals surface area contributed by atoms with Crippen molar-refractivity contribution >= 4 is 35.7 Å². The van der Waals surface area contributed by atoms with Gasteiger partial charge in [-0.15, -0.1) is 0 Å². The van der Waals surface area contributed by atoms with Crippen molar-refractivity contribution in [3.63, 3.8) is 0 Å². The van der Waals surface area contributed by atoms with Crippen molar-refractivity contribution in [3.8, 4) is 0 Å². The van der Waals surface area contributed by atoms with E-state index < -0.39 is 23.2 Å². The fourth-order valence-corrected chi connectivity index (χ4v) is 5.21. The number of amides is 2. The van der Waals surface area contributed by atoms with Gasteiger partial charge in [-0.3, -0.25) is 25.6 Å². The average molecular weight is 483 g/mol. The Morgan fingerprint density at radius 3 is 2.64 bits per heavy atom. The molecule has 33 heavy (non-hydrogen) atoms. The average Bonchev–Trinajstić information content (AvgIpc) is 3.53. The van der Waals surface area contributed by atoms with Crippen LogP contribution < -0.4 is 15.8 Å². The molecule has 3 fully saturated rings. The zero-order valence-corrected chi connectivity index (χ0v) is 19.5. The zero-order chi connectivity index (χ0) is 23.6. The lowest BCUT2D eigenvalue weighted by Gasteiger charge is -2.47. The van der Waals surface area contributed by atoms with Crippen LogP contribution in [-0.2, 0) is 9.59 Å². The lowest BCUT2D eigenvalue weighted by molar-refractivity contribution is -0.154. The molecule has 0 radical (unpaired) electrons. The molecule has 1 aromatic rings. The molecule has 1 saturated heterocycles. The molecule has 4 rings (SSSR count). The molecule has 2 amide bonds. The Morgan fingerprint density at radius 1 is 1.33 bits per heavy atom. The van der Waals surface area contributed by atoms with Gasteiger partial charge in [0.05, 0.1) is 25.6 Å². The van der Waals surface area contributed by atoms with Crippen molar-refractivity contribution in [1.29, 1.82) is 0 Å². The Bertz CT molecular complexity index is 877. The van der Waals surface area contributed by atoms with E-state index in [9.17, 15) is 19.9 Å². The summed E-state index contributed by atoms with van der Waals surface area (Å²) in [5.74, 6) is -1.29. The van der Waals surface area contributed by atoms with Gasteiger partial charge in [-0.2, -0.15) is 4.39 Å². The number of aliphatic hydroxyl groups is 1. The molecule has 0 bridgehead atoms. The van der Waals surface area contributed by atoms with Gasteiger partial charge in [-0.25, -0.2) is 15.0 Å². The number of nitrogens with zero attached hydrogens (tertiary/aromatic N) is 4. The summed E-state index contributed by atoms with van der Waals surface area (Å²) in [6.07, 6.45) is 8.76. The number of nitrogens with one attached hydrogen (secondary N) is 2. The maximum atomic E-state index is 15.2. The number of hydrogen-bond donors (Lipinski definition) is 4. The number of β-amino-alcohol motifs (C(OH)–C–C–N with tert-alkyl or cyclic N) is 1. The topological polar surface area (TPSA) is 131 Å². The van der Waals surface area contributed by atoms with Gasteiger partial charge in [0.2, 0.25) is 18.1 Å². The second kappa shape index (κ2) is 9.98. The Kier molecular flexibility index (Phi) is 7.25. The van der Waals surface area contributed by atoms with E-state index >= 15 is 4.39 Å². The standard InChI is InChI=1S/C21H31FN6O4S/c1-33-20-23-17(16(22)18(24-20)27-10-21(31,11-27)15-6-7-15)25-26-19(30)14(9-28(32)12-29)8-13-4-2-3-5-13/h12-15,31-32H,2-11H2,1H3,(H,26,30)(H,23,24,25)/t14-/m0/s1. The SMILES string of the molecule is CSc1nc(NNC(=O)[C@@H](CC2CCCC2)CN(O)C=O)c(F)c(N2CC(O)(C3CC3)C2)n1. The summed E-state index contributed by atoms with van der Waals surface area (Å²) in [5, 5.41) is 21.0. The quantitative estimate of drug-likeness (QED) is 0.123. The van der Waals surface area contributed by atoms with E-state index in [0.717, 1.165) is 38.5 Å². The number of anilines is 2. The van der Waals surface area contributed by atoms with Crippen LogP contribution in [0.5, 0.6) is 0 Å². The first kappa shape index (κ1) is 24.0. The first-order valence-corrected chi connectivity index (χ1v) is 12.6. The Hall–Kier alpha value is -2.18. The van der Waals surface area contributed by atoms with Crippen molar-refractivity contribution < 1.29 is 24.3 Å². The summed E-state index contributed by atoms with van der Waals surface area (Å²) in [6.45, 7) is 0.480. The van der Waals surface area contributed by atoms with Gasteiger partial charge in [-0.1, -0.05) is 37.4 Å². The van der Waals surface area contributed by atoms with Crippen LogP contribution in [0.2, 0.25) is 0 Å². The summed E-state index contributed by atoms with van der Waals surface area (Å²) < 4.78 is 15.2. The molecule has 1 atom stereocenters. The Balaban J connectivity index is 1.43. The highest BCUT2D eigenvalue weighted by Crippen LogP contribution is 2.46. The van der Waals surface area contributed by atoms with Crippen LogP contribution >= 0.6 is 11.8 Å². The van der Waals surface area contributed by atoms with Gasteiger partial charge in [-0.05, 0) is 37.4 Å². The summed E-state index contributed by atoms with van der Waals surface area (Å²) in [5.41, 5.74) is 4.27. The molecule has 2 heterocycles. The molecule has 12 heteroatoms. The minimum Gasteiger partial charge on any atom is -0.386 e. The van der Waals surface area contributed by atoms with Crippen LogP contribution in [0.4, 0.5) is 16.0 Å². The van der Waals surface area contributed by atoms with Crippen LogP contribution in [-0.4, -0.2) is 69.2 Å². The lowest BCUT2D eigenvalue weighted by Crippen LogP contribution is -2.63. The predicted octanol–water partition coefficient (Wildman–Crippen LogP) is 1.79. The molecule has 10 nitrogen and oxygen atoms in total. The van der Waals surface area contributed by atoms with E-state index in [1.807, 2.05) is 0 Å². The van der Waals surface area contributed by atoms with Gasteiger partial charge < -0.3 is 10.0 Å². The normalized spacial score (nSPS) is 20.8. The van der Waals surface area contributed by atoms with Gasteiger partial charge in [0.15, 0.2) is 16.8 Å². The van der Waals surface area contributed by atoms with Crippen LogP contribution in [0.1, 0.15) is 44.9 Å². The molecule has 0 spiro atoms. The van der Waals surface area contributed by atoms with Crippen LogP contribution in [0.25, 0.3) is 0 Å². The molecule has 182 valence electrons. The number of carbonyl (C=O) groups is 2. The van der Waals surface area contributed by atoms with Gasteiger partial charge >= 0.3 is 0 Å². The zero-order valence-electron chi connectivity index (χ0n) is 18.7. The smallest absolute Gasteiger partial charge is 0.243 e. The highest BCUT2D eigenvalue weighted by atomic mass is 32.2. The largest absolute Gasteiger partial charge is 0.386 e. The molecule has 1 aliphatic heterocycles. The van der Waals surface area contributed by atoms with E-state index in [1.165, 1.54) is 11.8 Å². The Morgan fingerprint density at radius 2 is 2.03 bits per heavy atom. The number of halogens is 1. The van der Waals surface area contributed by atoms with Crippen molar-refractivity contribution in [2.45, 2.75) is 55.7 Å². The molecule has 1 aromatic heterocycles. The molecule has 3 aliphatic rings. The molecule has 4 N–H and O–H groups in total. The number of carbonyl (C=O) groups excluding carboxylic acids is 2. The van der Waals surface area contributed by atoms with Crippen molar-refractivity contribution in [2.75, 3.05) is 36.2 Å². The number of rotatable bonds is 11. The van der Waals surface area contributed by atoms with Crippen LogP contribution in [0, 0.1) is 23.6 Å². The molecule has 2 saturated carbocycles. The van der Waals surface area contributed by atoms with Crippen molar-refractivity contribution in [3.05, 3.63) is 5.82 Å². The molecular weight excluding hydrogens is 451 g/mol. The number of aromatic nitrogens is 2. The lowest BCUT2D eigenvalue weighted by atomic mass is 9.89. The van der Waals surface area contributed by atoms with Crippen molar-refractivity contribution in [2.24, 2.45) is 17.8 Å². The minimum atomic E-state index is -0.791. The molecule has 2 aliphatic carbocycles. The van der Waals surface area contributed by atoms with Crippen LogP contribution in [0.15, 0.2) is 5.16 Å². The van der Waals surface area contributed by atoms with E-state index in [0.29, 0.717) is 35.6 Å². The summed E-state index contributed by atoms with van der Waals surface area (Å²) in [6, 6.07) is 0. The molecule has 0 aromatic carbocycles. The van der Waals surface area contributed by atoms with Gasteiger partial charge in [0.1, 0.15) is 5.60 Å². The van der Waals surface area contributed by atoms with Crippen LogP contribution in [0.3, 0.4) is 0 Å². The third-order valence-corrected chi connectivity index (χ3v) is 7.41. The number of hydrogen-bond acceptors (Lipinski definition) is 9. The fourth-order valence-electron chi connectivity index (χ4n) is 4.85. The predicted molar refractivity (Wildman–Crippen MR) is 120 cm³/mol. The highest BCUT2D eigenvalue weighted by molar-refractivity contribution is 7.98. The third-order valence-electron chi connectivity index (χ3n) is 6.86. The maximum Gasteiger partial charge on any atom is 0.243 e. The second-order valence-corrected chi connectivity index (χ2v) is 10.1. The Labute approximate surface area is 196 Å². The first-order chi connectivity index (χ1) is 15.8. The third kappa shape index (κ3) is 5.49. The van der Waals surface area contributed by atoms with E-state index in [-0.39, 0.29) is 30.5 Å². The summed E-state index contributed by atoms with van der Waals surface area (Å²) in [7, 11) is 0. The fraction of sp³-hybridized carbons (Fsp3) is 0.714. The number of thioether (sulfide) groups is 1. The minimum absolute atomic E-state index is 0.0846. The second-order valence-electron chi connectivity index (χ2n) is 9.36. The van der Waals surface area contributed by atoms with E-state index in [2.05, 4.69) is 20.8 Å².